The molecule has 10 nitrogen and oxygen atoms in total. The van der Waals surface area contributed by atoms with Crippen LogP contribution in [0, 0.1) is 18.2 Å². The minimum atomic E-state index is -1.12. The van der Waals surface area contributed by atoms with Crippen LogP contribution in [0.25, 0.3) is 0 Å². The summed E-state index contributed by atoms with van der Waals surface area (Å²) in [5, 5.41) is 2.59. The number of halogens is 1. The minimum Gasteiger partial charge on any atom is -0.457 e. The summed E-state index contributed by atoms with van der Waals surface area (Å²) in [6, 6.07) is 3.88. The molecule has 3 rings (SSSR count). The van der Waals surface area contributed by atoms with E-state index in [9.17, 15) is 23.6 Å². The number of hydrogen-bond acceptors (Lipinski definition) is 8. The van der Waals surface area contributed by atoms with Crippen molar-refractivity contribution in [3.05, 3.63) is 57.8 Å². The number of esters is 1. The molecule has 2 aromatic rings. The van der Waals surface area contributed by atoms with Gasteiger partial charge >= 0.3 is 17.9 Å². The van der Waals surface area contributed by atoms with Crippen molar-refractivity contribution in [1.82, 2.24) is 10.2 Å². The van der Waals surface area contributed by atoms with Crippen LogP contribution in [-0.4, -0.2) is 40.6 Å². The minimum absolute atomic E-state index is 0.103. The van der Waals surface area contributed by atoms with Crippen LogP contribution in [-0.2, 0) is 25.7 Å². The SMILES string of the molecule is CCC(CC)(C(=O)OCc1oc(=O)oc1C)[C@H]1CC[C@@H](c2cccc(F)c2)N1C(=O)[C@@H](C)NC(=O)OC(C)(C)C. The second-order valence-electron chi connectivity index (χ2n) is 11.2. The van der Waals surface area contributed by atoms with Crippen molar-refractivity contribution in [1.29, 1.82) is 0 Å². The van der Waals surface area contributed by atoms with E-state index in [0.717, 1.165) is 0 Å². The van der Waals surface area contributed by atoms with E-state index in [0.29, 0.717) is 31.2 Å². The lowest BCUT2D eigenvalue weighted by Crippen LogP contribution is -2.56. The van der Waals surface area contributed by atoms with Crippen LogP contribution in [0.4, 0.5) is 9.18 Å². The highest BCUT2D eigenvalue weighted by Gasteiger charge is 2.53. The lowest BCUT2D eigenvalue weighted by atomic mass is 9.74. The van der Waals surface area contributed by atoms with Crippen LogP contribution in [0.1, 0.15) is 90.4 Å². The maximum Gasteiger partial charge on any atom is 0.519 e. The number of amides is 2. The molecule has 1 aromatic heterocycles. The Hall–Kier alpha value is -3.63. The van der Waals surface area contributed by atoms with E-state index in [2.05, 4.69) is 5.32 Å². The third-order valence-electron chi connectivity index (χ3n) is 7.45. The van der Waals surface area contributed by atoms with Gasteiger partial charge in [-0.05, 0) is 78.0 Å². The smallest absolute Gasteiger partial charge is 0.457 e. The van der Waals surface area contributed by atoms with Crippen molar-refractivity contribution < 1.29 is 37.1 Å². The van der Waals surface area contributed by atoms with Crippen LogP contribution in [0.2, 0.25) is 0 Å². The van der Waals surface area contributed by atoms with Crippen molar-refractivity contribution in [2.24, 2.45) is 5.41 Å². The van der Waals surface area contributed by atoms with E-state index in [1.54, 1.807) is 44.7 Å². The van der Waals surface area contributed by atoms with Gasteiger partial charge in [0.1, 0.15) is 17.5 Å². The Morgan fingerprint density at radius 1 is 1.15 bits per heavy atom. The second kappa shape index (κ2) is 12.3. The van der Waals surface area contributed by atoms with Crippen molar-refractivity contribution in [3.8, 4) is 0 Å². The highest BCUT2D eigenvalue weighted by Crippen LogP contribution is 2.47. The quantitative estimate of drug-likeness (QED) is 0.414. The molecule has 0 saturated carbocycles. The van der Waals surface area contributed by atoms with Gasteiger partial charge in [0, 0.05) is 6.04 Å². The first-order chi connectivity index (χ1) is 18.7. The van der Waals surface area contributed by atoms with Crippen LogP contribution >= 0.6 is 0 Å². The first kappa shape index (κ1) is 30.9. The molecule has 0 spiro atoms. The largest absolute Gasteiger partial charge is 0.519 e. The molecule has 11 heteroatoms. The summed E-state index contributed by atoms with van der Waals surface area (Å²) >= 11 is 0. The fourth-order valence-corrected chi connectivity index (χ4v) is 5.40. The van der Waals surface area contributed by atoms with E-state index < -0.39 is 58.8 Å². The first-order valence-corrected chi connectivity index (χ1v) is 13.6. The zero-order chi connectivity index (χ0) is 29.8. The van der Waals surface area contributed by atoms with Gasteiger partial charge in [-0.1, -0.05) is 26.0 Å². The molecule has 1 aliphatic rings. The molecule has 1 aliphatic heterocycles. The van der Waals surface area contributed by atoms with E-state index in [1.165, 1.54) is 19.1 Å². The van der Waals surface area contributed by atoms with Crippen LogP contribution in [0.15, 0.2) is 37.9 Å². The van der Waals surface area contributed by atoms with Gasteiger partial charge in [-0.3, -0.25) is 9.59 Å². The molecule has 2 amide bonds. The average Bonchev–Trinajstić information content (AvgIpc) is 3.45. The number of alkyl carbamates (subject to hydrolysis) is 1. The third kappa shape index (κ3) is 6.74. The molecule has 2 heterocycles. The number of aryl methyl sites for hydroxylation is 1. The first-order valence-electron chi connectivity index (χ1n) is 13.6. The number of nitrogens with one attached hydrogen (secondary N) is 1. The van der Waals surface area contributed by atoms with Gasteiger partial charge < -0.3 is 28.5 Å². The van der Waals surface area contributed by atoms with Gasteiger partial charge in [0.2, 0.25) is 5.91 Å². The van der Waals surface area contributed by atoms with Gasteiger partial charge in [0.15, 0.2) is 18.1 Å². The monoisotopic (exact) mass is 562 g/mol. The summed E-state index contributed by atoms with van der Waals surface area (Å²) in [5.41, 5.74) is -1.30. The Balaban J connectivity index is 1.96. The molecule has 1 saturated heterocycles. The molecular weight excluding hydrogens is 523 g/mol. The molecule has 1 aromatic carbocycles. The molecule has 0 unspecified atom stereocenters. The van der Waals surface area contributed by atoms with Gasteiger partial charge in [-0.15, -0.1) is 0 Å². The predicted molar refractivity (Wildman–Crippen MR) is 143 cm³/mol. The number of rotatable bonds is 9. The summed E-state index contributed by atoms with van der Waals surface area (Å²) < 4.78 is 35.0. The highest BCUT2D eigenvalue weighted by molar-refractivity contribution is 5.87. The van der Waals surface area contributed by atoms with Crippen LogP contribution in [0.3, 0.4) is 0 Å². The second-order valence-corrected chi connectivity index (χ2v) is 11.2. The molecule has 40 heavy (non-hydrogen) atoms. The maximum absolute atomic E-state index is 14.2. The molecule has 3 atom stereocenters. The number of ether oxygens (including phenoxy) is 2. The zero-order valence-corrected chi connectivity index (χ0v) is 24.2. The number of nitrogens with zero attached hydrogens (tertiary/aromatic N) is 1. The normalized spacial score (nSPS) is 18.4. The van der Waals surface area contributed by atoms with Crippen LogP contribution < -0.4 is 11.1 Å². The number of benzene rings is 1. The van der Waals surface area contributed by atoms with Crippen LogP contribution in [0.5, 0.6) is 0 Å². The lowest BCUT2D eigenvalue weighted by molar-refractivity contribution is -0.165. The molecule has 0 bridgehead atoms. The van der Waals surface area contributed by atoms with Gasteiger partial charge in [0.25, 0.3) is 0 Å². The molecular formula is C29H39FN2O8. The Labute approximate surface area is 233 Å². The summed E-state index contributed by atoms with van der Waals surface area (Å²) in [7, 11) is 0. The maximum atomic E-state index is 14.2. The Morgan fingerprint density at radius 2 is 1.82 bits per heavy atom. The van der Waals surface area contributed by atoms with Crippen molar-refractivity contribution in [2.45, 2.75) is 104 Å². The number of hydrogen-bond donors (Lipinski definition) is 1. The number of likely N-dealkylation sites (tertiary alicyclic amines) is 1. The fraction of sp³-hybridized carbons (Fsp3) is 0.586. The van der Waals surface area contributed by atoms with E-state index in [4.69, 9.17) is 18.3 Å². The van der Waals surface area contributed by atoms with E-state index in [-0.39, 0.29) is 18.1 Å². The average molecular weight is 563 g/mol. The fourth-order valence-electron chi connectivity index (χ4n) is 5.40. The molecule has 1 fully saturated rings. The summed E-state index contributed by atoms with van der Waals surface area (Å²) in [6.45, 7) is 11.6. The lowest BCUT2D eigenvalue weighted by Gasteiger charge is -2.42. The third-order valence-corrected chi connectivity index (χ3v) is 7.45. The molecule has 220 valence electrons. The van der Waals surface area contributed by atoms with Gasteiger partial charge in [-0.25, -0.2) is 14.0 Å². The molecule has 0 radical (unpaired) electrons. The standard InChI is InChI=1S/C29H39FN2O8/c1-8-29(9-2,25(34)37-16-22-18(4)38-27(36)39-22)23-14-13-21(19-11-10-12-20(30)15-19)32(23)24(33)17(3)31-26(35)40-28(5,6)7/h10-12,15,17,21,23H,8-9,13-14,16H2,1-7H3,(H,31,35)/t17-,21+,23-/m1/s1. The van der Waals surface area contributed by atoms with Gasteiger partial charge in [0.05, 0.1) is 11.5 Å². The summed E-state index contributed by atoms with van der Waals surface area (Å²) in [6.07, 6.45) is 0.857. The Morgan fingerprint density at radius 3 is 2.38 bits per heavy atom. The van der Waals surface area contributed by atoms with E-state index >= 15 is 0 Å². The Bertz CT molecular complexity index is 1270. The number of carbonyl (C=O) groups excluding carboxylic acids is 3. The molecule has 0 aliphatic carbocycles. The zero-order valence-electron chi connectivity index (χ0n) is 24.2. The summed E-state index contributed by atoms with van der Waals surface area (Å²) in [5.74, 6) is -2.01. The van der Waals surface area contributed by atoms with Gasteiger partial charge in [-0.2, -0.15) is 0 Å². The highest BCUT2D eigenvalue weighted by atomic mass is 19.1. The summed E-state index contributed by atoms with van der Waals surface area (Å²) in [4.78, 5) is 53.2. The van der Waals surface area contributed by atoms with Crippen molar-refractivity contribution in [3.63, 3.8) is 0 Å². The van der Waals surface area contributed by atoms with Crippen molar-refractivity contribution in [2.75, 3.05) is 0 Å². The topological polar surface area (TPSA) is 128 Å². The predicted octanol–water partition coefficient (Wildman–Crippen LogP) is 5.18. The van der Waals surface area contributed by atoms with E-state index in [1.807, 2.05) is 13.8 Å². The Kier molecular flexibility index (Phi) is 9.48. The number of carbonyl (C=O) groups is 3. The van der Waals surface area contributed by atoms with Crippen molar-refractivity contribution >= 4 is 18.0 Å². The molecule has 1 N–H and O–H groups in total.